The molecule has 0 aliphatic heterocycles. The van der Waals surface area contributed by atoms with Crippen LogP contribution in [0.3, 0.4) is 0 Å². The third-order valence-corrected chi connectivity index (χ3v) is 2.10. The number of aliphatic carboxylic acids is 1. The van der Waals surface area contributed by atoms with Crippen LogP contribution in [0.5, 0.6) is 5.75 Å². The molecule has 6 nitrogen and oxygen atoms in total. The predicted octanol–water partition coefficient (Wildman–Crippen LogP) is 0.815. The van der Waals surface area contributed by atoms with E-state index in [2.05, 4.69) is 5.32 Å². The van der Waals surface area contributed by atoms with Crippen LogP contribution in [-0.2, 0) is 9.59 Å². The first-order valence-electron chi connectivity index (χ1n) is 5.22. The molecule has 0 unspecified atom stereocenters. The van der Waals surface area contributed by atoms with E-state index in [-0.39, 0.29) is 0 Å². The minimum absolute atomic E-state index is 0.291. The van der Waals surface area contributed by atoms with Crippen molar-refractivity contribution in [3.05, 3.63) is 29.8 Å². The number of benzene rings is 1. The number of hydrogen-bond acceptors (Lipinski definition) is 4. The van der Waals surface area contributed by atoms with Crippen LogP contribution in [0.4, 0.5) is 0 Å². The second kappa shape index (κ2) is 5.81. The normalized spacial score (nSPS) is 11.4. The number of carbonyl (C=O) groups excluding carboxylic acids is 2. The van der Waals surface area contributed by atoms with Crippen LogP contribution in [0.2, 0.25) is 0 Å². The molecule has 96 valence electrons. The maximum atomic E-state index is 11.6. The average molecular weight is 251 g/mol. The van der Waals surface area contributed by atoms with Crippen molar-refractivity contribution in [2.45, 2.75) is 19.9 Å². The van der Waals surface area contributed by atoms with Crippen molar-refractivity contribution in [3.63, 3.8) is 0 Å². The van der Waals surface area contributed by atoms with Gasteiger partial charge in [0.2, 0.25) is 0 Å². The van der Waals surface area contributed by atoms with Crippen molar-refractivity contribution in [1.29, 1.82) is 0 Å². The smallest absolute Gasteiger partial charge is 0.325 e. The number of ether oxygens (including phenoxy) is 1. The van der Waals surface area contributed by atoms with Gasteiger partial charge in [-0.3, -0.25) is 14.4 Å². The molecule has 1 aromatic rings. The van der Waals surface area contributed by atoms with E-state index in [1.165, 1.54) is 38.1 Å². The van der Waals surface area contributed by atoms with Gasteiger partial charge in [-0.2, -0.15) is 0 Å². The lowest BCUT2D eigenvalue weighted by Gasteiger charge is -2.09. The molecule has 1 aromatic carbocycles. The van der Waals surface area contributed by atoms with E-state index < -0.39 is 23.9 Å². The molecule has 0 aliphatic rings. The number of carboxylic acid groups (broad SMARTS) is 1. The number of carboxylic acids is 1. The molecule has 2 N–H and O–H groups in total. The molecule has 6 heteroatoms. The van der Waals surface area contributed by atoms with Gasteiger partial charge in [-0.1, -0.05) is 0 Å². The quantitative estimate of drug-likeness (QED) is 0.610. The second-order valence-corrected chi connectivity index (χ2v) is 3.65. The van der Waals surface area contributed by atoms with Gasteiger partial charge in [-0.05, 0) is 31.2 Å². The molecule has 0 aliphatic carbocycles. The SMILES string of the molecule is CC(=O)Oc1ccc(C(=O)N[C@H](C)C(=O)O)cc1. The fraction of sp³-hybridized carbons (Fsp3) is 0.250. The van der Waals surface area contributed by atoms with Crippen molar-refractivity contribution in [3.8, 4) is 5.75 Å². The minimum Gasteiger partial charge on any atom is -0.480 e. The standard InChI is InChI=1S/C12H13NO5/c1-7(12(16)17)13-11(15)9-3-5-10(6-4-9)18-8(2)14/h3-7H,1-2H3,(H,13,15)(H,16,17)/t7-/m1/s1. The molecule has 0 saturated carbocycles. The molecule has 1 amide bonds. The Labute approximate surface area is 104 Å². The highest BCUT2D eigenvalue weighted by molar-refractivity contribution is 5.96. The fourth-order valence-corrected chi connectivity index (χ4v) is 1.18. The van der Waals surface area contributed by atoms with Gasteiger partial charge in [0.15, 0.2) is 0 Å². The number of rotatable bonds is 4. The maximum Gasteiger partial charge on any atom is 0.325 e. The molecule has 0 aromatic heterocycles. The second-order valence-electron chi connectivity index (χ2n) is 3.65. The van der Waals surface area contributed by atoms with E-state index in [0.717, 1.165) is 0 Å². The summed E-state index contributed by atoms with van der Waals surface area (Å²) in [6.45, 7) is 2.64. The fourth-order valence-electron chi connectivity index (χ4n) is 1.18. The number of nitrogens with one attached hydrogen (secondary N) is 1. The van der Waals surface area contributed by atoms with Gasteiger partial charge in [-0.15, -0.1) is 0 Å². The Kier molecular flexibility index (Phi) is 4.42. The topological polar surface area (TPSA) is 92.7 Å². The number of hydrogen-bond donors (Lipinski definition) is 2. The Morgan fingerprint density at radius 2 is 1.78 bits per heavy atom. The summed E-state index contributed by atoms with van der Waals surface area (Å²) >= 11 is 0. The molecule has 1 atom stereocenters. The summed E-state index contributed by atoms with van der Waals surface area (Å²) in [5, 5.41) is 11.0. The zero-order chi connectivity index (χ0) is 13.7. The van der Waals surface area contributed by atoms with Crippen molar-refractivity contribution >= 4 is 17.8 Å². The van der Waals surface area contributed by atoms with Crippen LogP contribution in [-0.4, -0.2) is 29.0 Å². The molecule has 0 saturated heterocycles. The van der Waals surface area contributed by atoms with Gasteiger partial charge in [0.1, 0.15) is 11.8 Å². The average Bonchev–Trinajstić information content (AvgIpc) is 2.28. The summed E-state index contributed by atoms with van der Waals surface area (Å²) in [5.74, 6) is -1.74. The van der Waals surface area contributed by atoms with E-state index in [4.69, 9.17) is 9.84 Å². The molecular weight excluding hydrogens is 238 g/mol. The Hall–Kier alpha value is -2.37. The van der Waals surface area contributed by atoms with Crippen molar-refractivity contribution < 1.29 is 24.2 Å². The lowest BCUT2D eigenvalue weighted by Crippen LogP contribution is -2.38. The number of amides is 1. The summed E-state index contributed by atoms with van der Waals surface area (Å²) in [6, 6.07) is 4.85. The first kappa shape index (κ1) is 13.7. The van der Waals surface area contributed by atoms with E-state index in [1.54, 1.807) is 0 Å². The predicted molar refractivity (Wildman–Crippen MR) is 62.3 cm³/mol. The van der Waals surface area contributed by atoms with Gasteiger partial charge in [0.05, 0.1) is 0 Å². The number of esters is 1. The highest BCUT2D eigenvalue weighted by Gasteiger charge is 2.15. The van der Waals surface area contributed by atoms with Crippen LogP contribution >= 0.6 is 0 Å². The first-order valence-corrected chi connectivity index (χ1v) is 5.22. The summed E-state index contributed by atoms with van der Waals surface area (Å²) in [7, 11) is 0. The lowest BCUT2D eigenvalue weighted by molar-refractivity contribution is -0.138. The van der Waals surface area contributed by atoms with E-state index >= 15 is 0 Å². The van der Waals surface area contributed by atoms with Crippen LogP contribution < -0.4 is 10.1 Å². The van der Waals surface area contributed by atoms with E-state index in [0.29, 0.717) is 11.3 Å². The van der Waals surface area contributed by atoms with Gasteiger partial charge in [0.25, 0.3) is 5.91 Å². The van der Waals surface area contributed by atoms with Crippen molar-refractivity contribution in [2.75, 3.05) is 0 Å². The molecule has 0 radical (unpaired) electrons. The Bertz CT molecular complexity index is 466. The molecule has 0 fully saturated rings. The largest absolute Gasteiger partial charge is 0.480 e. The third kappa shape index (κ3) is 3.89. The van der Waals surface area contributed by atoms with Crippen LogP contribution in [0.25, 0.3) is 0 Å². The molecular formula is C12H13NO5. The monoisotopic (exact) mass is 251 g/mol. The van der Waals surface area contributed by atoms with Crippen LogP contribution in [0, 0.1) is 0 Å². The van der Waals surface area contributed by atoms with Gasteiger partial charge in [-0.25, -0.2) is 0 Å². The number of carbonyl (C=O) groups is 3. The molecule has 0 bridgehead atoms. The molecule has 1 rings (SSSR count). The van der Waals surface area contributed by atoms with Crippen molar-refractivity contribution in [2.24, 2.45) is 0 Å². The van der Waals surface area contributed by atoms with Crippen LogP contribution in [0.1, 0.15) is 24.2 Å². The zero-order valence-corrected chi connectivity index (χ0v) is 9.97. The van der Waals surface area contributed by atoms with E-state index in [9.17, 15) is 14.4 Å². The highest BCUT2D eigenvalue weighted by atomic mass is 16.5. The summed E-state index contributed by atoms with van der Waals surface area (Å²) in [5.41, 5.74) is 0.291. The van der Waals surface area contributed by atoms with Crippen LogP contribution in [0.15, 0.2) is 24.3 Å². The minimum atomic E-state index is -1.11. The Morgan fingerprint density at radius 1 is 1.22 bits per heavy atom. The molecule has 0 spiro atoms. The van der Waals surface area contributed by atoms with Gasteiger partial charge < -0.3 is 15.2 Å². The van der Waals surface area contributed by atoms with Gasteiger partial charge >= 0.3 is 11.9 Å². The summed E-state index contributed by atoms with van der Waals surface area (Å²) < 4.78 is 4.80. The highest BCUT2D eigenvalue weighted by Crippen LogP contribution is 2.12. The van der Waals surface area contributed by atoms with E-state index in [1.807, 2.05) is 0 Å². The lowest BCUT2D eigenvalue weighted by atomic mass is 10.2. The molecule has 0 heterocycles. The van der Waals surface area contributed by atoms with Gasteiger partial charge in [0, 0.05) is 12.5 Å². The third-order valence-electron chi connectivity index (χ3n) is 2.10. The Balaban J connectivity index is 2.70. The molecule has 18 heavy (non-hydrogen) atoms. The summed E-state index contributed by atoms with van der Waals surface area (Å²) in [4.78, 5) is 32.9. The summed E-state index contributed by atoms with van der Waals surface area (Å²) in [6.07, 6.45) is 0. The maximum absolute atomic E-state index is 11.6. The zero-order valence-electron chi connectivity index (χ0n) is 9.97. The Morgan fingerprint density at radius 3 is 2.22 bits per heavy atom. The van der Waals surface area contributed by atoms with Crippen molar-refractivity contribution in [1.82, 2.24) is 5.32 Å². The first-order chi connectivity index (χ1) is 8.40.